The van der Waals surface area contributed by atoms with Crippen LogP contribution in [0.25, 0.3) is 0 Å². The topological polar surface area (TPSA) is 307 Å². The van der Waals surface area contributed by atoms with Crippen LogP contribution >= 0.6 is 0 Å². The minimum atomic E-state index is -1.98. The Labute approximate surface area is 523 Å². The third kappa shape index (κ3) is 32.9. The molecule has 0 aliphatic carbocycles. The first-order valence-corrected chi connectivity index (χ1v) is 34.7. The Kier molecular flexibility index (Phi) is 46.0. The molecule has 19 nitrogen and oxygen atoms in total. The lowest BCUT2D eigenvalue weighted by Crippen LogP contribution is -2.66. The van der Waals surface area contributed by atoms with Gasteiger partial charge in [-0.15, -0.1) is 0 Å². The van der Waals surface area contributed by atoms with Gasteiger partial charge in [-0.05, 0) is 44.9 Å². The van der Waals surface area contributed by atoms with Gasteiger partial charge in [0.05, 0.1) is 38.6 Å². The number of hydrogen-bond donors (Lipinski definition) is 12. The van der Waals surface area contributed by atoms with Gasteiger partial charge in [-0.2, -0.15) is 0 Å². The van der Waals surface area contributed by atoms with Crippen molar-refractivity contribution < 1.29 is 89.4 Å². The summed E-state index contributed by atoms with van der Waals surface area (Å²) < 4.78 is 34.3. The van der Waals surface area contributed by atoms with E-state index in [9.17, 15) is 61.0 Å². The fourth-order valence-corrected chi connectivity index (χ4v) is 11.8. The van der Waals surface area contributed by atoms with Crippen molar-refractivity contribution in [1.29, 1.82) is 0 Å². The molecule has 0 aromatic rings. The number of unbranched alkanes of at least 4 members (excludes halogenated alkanes) is 33. The molecule has 0 spiro atoms. The molecule has 0 bridgehead atoms. The maximum Gasteiger partial charge on any atom is 0.220 e. The normalized spacial score (nSPS) is 28.8. The lowest BCUT2D eigenvalue weighted by Gasteiger charge is -2.48. The van der Waals surface area contributed by atoms with Gasteiger partial charge < -0.3 is 89.9 Å². The number of allylic oxidation sites excluding steroid dienone is 5. The zero-order valence-electron chi connectivity index (χ0n) is 53.8. The van der Waals surface area contributed by atoms with E-state index >= 15 is 0 Å². The SMILES string of the molecule is CCCCC/C=C/CC/C=C/CC/C=C/C(O)C(COC1OC(CO)C(OC2OC(CO)C(OC3OC(CO)C(O)C(O)C3O)C(O)C2O)C(O)C1O)NC(=O)CCCCCCCCCCCCCCCCCCCCCCCCCCCCCCC. The van der Waals surface area contributed by atoms with Gasteiger partial charge in [0.2, 0.25) is 5.91 Å². The fraction of sp³-hybridized carbons (Fsp3) is 0.897. The van der Waals surface area contributed by atoms with Gasteiger partial charge in [0.15, 0.2) is 18.9 Å². The zero-order valence-corrected chi connectivity index (χ0v) is 53.8. The number of carbonyl (C=O) groups is 1. The van der Waals surface area contributed by atoms with Crippen molar-refractivity contribution in [3.05, 3.63) is 36.5 Å². The Morgan fingerprint density at radius 1 is 0.402 bits per heavy atom. The van der Waals surface area contributed by atoms with Crippen molar-refractivity contribution in [2.24, 2.45) is 0 Å². The molecule has 87 heavy (non-hydrogen) atoms. The van der Waals surface area contributed by atoms with E-state index in [2.05, 4.69) is 43.5 Å². The van der Waals surface area contributed by atoms with Crippen LogP contribution in [0.4, 0.5) is 0 Å². The molecule has 17 unspecified atom stereocenters. The molecule has 3 saturated heterocycles. The highest BCUT2D eigenvalue weighted by molar-refractivity contribution is 5.76. The van der Waals surface area contributed by atoms with Gasteiger partial charge in [-0.3, -0.25) is 4.79 Å². The van der Waals surface area contributed by atoms with Gasteiger partial charge in [0.25, 0.3) is 0 Å². The zero-order chi connectivity index (χ0) is 63.3. The number of hydrogen-bond acceptors (Lipinski definition) is 18. The van der Waals surface area contributed by atoms with E-state index in [1.54, 1.807) is 6.08 Å². The molecule has 3 fully saturated rings. The van der Waals surface area contributed by atoms with E-state index in [4.69, 9.17) is 28.4 Å². The van der Waals surface area contributed by atoms with E-state index in [0.717, 1.165) is 44.9 Å². The molecule has 0 radical (unpaired) electrons. The summed E-state index contributed by atoms with van der Waals surface area (Å²) in [7, 11) is 0. The highest BCUT2D eigenvalue weighted by Gasteiger charge is 2.53. The molecule has 19 heteroatoms. The molecular weight excluding hydrogens is 1120 g/mol. The Morgan fingerprint density at radius 3 is 1.15 bits per heavy atom. The van der Waals surface area contributed by atoms with Crippen molar-refractivity contribution >= 4 is 5.91 Å². The average molecular weight is 1240 g/mol. The van der Waals surface area contributed by atoms with Crippen LogP contribution < -0.4 is 5.32 Å². The van der Waals surface area contributed by atoms with E-state index in [1.807, 2.05) is 6.08 Å². The van der Waals surface area contributed by atoms with Gasteiger partial charge in [-0.25, -0.2) is 0 Å². The van der Waals surface area contributed by atoms with E-state index < -0.39 is 124 Å². The standard InChI is InChI=1S/C68H125NO18/c1-3-5-7-9-11-13-15-17-18-19-20-21-22-23-24-25-26-27-28-29-30-31-32-34-36-38-40-42-44-46-56(74)69-51(52(73)45-43-41-39-37-35-33-16-14-12-10-8-6-4-2)50-82-66-62(80)59(77)64(54(48-71)84-66)87-68-63(81)60(78)65(55(49-72)85-68)86-67-61(79)58(76)57(75)53(47-70)83-67/h12,14,35,37,43,45,51-55,57-68,70-73,75-81H,3-11,13,15-34,36,38-42,44,46-50H2,1-2H3,(H,69,74)/b14-12+,37-35+,45-43+. The van der Waals surface area contributed by atoms with Crippen LogP contribution in [-0.4, -0.2) is 193 Å². The van der Waals surface area contributed by atoms with Gasteiger partial charge in [-0.1, -0.05) is 243 Å². The molecular formula is C68H125NO18. The maximum atomic E-state index is 13.4. The molecule has 0 saturated carbocycles. The van der Waals surface area contributed by atoms with Crippen LogP contribution in [0.3, 0.4) is 0 Å². The average Bonchev–Trinajstić information content (AvgIpc) is 2.56. The predicted molar refractivity (Wildman–Crippen MR) is 337 cm³/mol. The number of aliphatic hydroxyl groups excluding tert-OH is 11. The van der Waals surface area contributed by atoms with Crippen LogP contribution in [-0.2, 0) is 33.2 Å². The second-order valence-electron chi connectivity index (χ2n) is 25.0. The molecule has 510 valence electrons. The molecule has 0 aromatic carbocycles. The monoisotopic (exact) mass is 1240 g/mol. The van der Waals surface area contributed by atoms with Crippen molar-refractivity contribution in [3.8, 4) is 0 Å². The Bertz CT molecular complexity index is 1720. The number of rotatable bonds is 53. The molecule has 3 heterocycles. The summed E-state index contributed by atoms with van der Waals surface area (Å²) in [6.07, 6.45) is 31.5. The first kappa shape index (κ1) is 79.2. The summed E-state index contributed by atoms with van der Waals surface area (Å²) >= 11 is 0. The number of ether oxygens (including phenoxy) is 6. The van der Waals surface area contributed by atoms with Crippen LogP contribution in [0, 0.1) is 0 Å². The fourth-order valence-electron chi connectivity index (χ4n) is 11.8. The van der Waals surface area contributed by atoms with E-state index in [-0.39, 0.29) is 18.9 Å². The minimum Gasteiger partial charge on any atom is -0.394 e. The highest BCUT2D eigenvalue weighted by atomic mass is 16.8. The first-order chi connectivity index (χ1) is 42.3. The molecule has 3 rings (SSSR count). The summed E-state index contributed by atoms with van der Waals surface area (Å²) in [5, 5.41) is 120. The quantitative estimate of drug-likeness (QED) is 0.0200. The lowest BCUT2D eigenvalue weighted by molar-refractivity contribution is -0.379. The van der Waals surface area contributed by atoms with Crippen molar-refractivity contribution in [2.75, 3.05) is 26.4 Å². The minimum absolute atomic E-state index is 0.236. The van der Waals surface area contributed by atoms with Gasteiger partial charge in [0, 0.05) is 6.42 Å². The molecule has 17 atom stereocenters. The number of aliphatic hydroxyl groups is 11. The Balaban J connectivity index is 1.38. The molecule has 3 aliphatic heterocycles. The largest absolute Gasteiger partial charge is 0.394 e. The molecule has 1 amide bonds. The van der Waals surface area contributed by atoms with Crippen LogP contribution in [0.1, 0.15) is 258 Å². The van der Waals surface area contributed by atoms with Gasteiger partial charge in [0.1, 0.15) is 73.2 Å². The van der Waals surface area contributed by atoms with Gasteiger partial charge >= 0.3 is 0 Å². The number of amides is 1. The lowest BCUT2D eigenvalue weighted by atomic mass is 9.96. The smallest absolute Gasteiger partial charge is 0.220 e. The summed E-state index contributed by atoms with van der Waals surface area (Å²) in [6.45, 7) is 1.68. The van der Waals surface area contributed by atoms with Crippen molar-refractivity contribution in [3.63, 3.8) is 0 Å². The molecule has 12 N–H and O–H groups in total. The maximum absolute atomic E-state index is 13.4. The summed E-state index contributed by atoms with van der Waals surface area (Å²) in [5.74, 6) is -0.287. The Morgan fingerprint density at radius 2 is 0.736 bits per heavy atom. The predicted octanol–water partition coefficient (Wildman–Crippen LogP) is 8.83. The summed E-state index contributed by atoms with van der Waals surface area (Å²) in [6, 6.07) is -0.993. The number of carbonyl (C=O) groups excluding carboxylic acids is 1. The summed E-state index contributed by atoms with van der Waals surface area (Å²) in [5.41, 5.74) is 0. The molecule has 0 aromatic heterocycles. The van der Waals surface area contributed by atoms with Crippen LogP contribution in [0.15, 0.2) is 36.5 Å². The number of nitrogens with one attached hydrogen (secondary N) is 1. The second kappa shape index (κ2) is 50.6. The summed E-state index contributed by atoms with van der Waals surface area (Å²) in [4.78, 5) is 13.4. The second-order valence-corrected chi connectivity index (χ2v) is 25.0. The van der Waals surface area contributed by atoms with Crippen LogP contribution in [0.5, 0.6) is 0 Å². The first-order valence-electron chi connectivity index (χ1n) is 34.7. The van der Waals surface area contributed by atoms with E-state index in [1.165, 1.54) is 180 Å². The van der Waals surface area contributed by atoms with Crippen molar-refractivity contribution in [1.82, 2.24) is 5.32 Å². The third-order valence-corrected chi connectivity index (χ3v) is 17.4. The van der Waals surface area contributed by atoms with Crippen molar-refractivity contribution in [2.45, 2.75) is 362 Å². The molecule has 3 aliphatic rings. The van der Waals surface area contributed by atoms with E-state index in [0.29, 0.717) is 12.8 Å². The Hall–Kier alpha value is -1.99. The highest BCUT2D eigenvalue weighted by Crippen LogP contribution is 2.33. The third-order valence-electron chi connectivity index (χ3n) is 17.4. The van der Waals surface area contributed by atoms with Crippen LogP contribution in [0.2, 0.25) is 0 Å².